The van der Waals surface area contributed by atoms with E-state index in [1.807, 2.05) is 0 Å². The average Bonchev–Trinajstić information content (AvgIpc) is 2.80. The van der Waals surface area contributed by atoms with Crippen LogP contribution in [0.3, 0.4) is 0 Å². The number of fused-ring (bicyclic) bond motifs is 1. The van der Waals surface area contributed by atoms with Crippen molar-refractivity contribution in [2.24, 2.45) is 0 Å². The maximum atomic E-state index is 14.9. The minimum atomic E-state index is -4.27. The molecule has 26 heavy (non-hydrogen) atoms. The zero-order valence-corrected chi connectivity index (χ0v) is 14.6. The maximum absolute atomic E-state index is 14.9. The van der Waals surface area contributed by atoms with Crippen molar-refractivity contribution < 1.29 is 36.0 Å². The Hall–Kier alpha value is -1.46. The zero-order chi connectivity index (χ0) is 19.3. The molecule has 0 radical (unpaired) electrons. The molecule has 1 aromatic heterocycles. The average molecular weight is 399 g/mol. The number of phosphoric ester groups is 1. The minimum Gasteiger partial charge on any atom is -0.383 e. The van der Waals surface area contributed by atoms with Gasteiger partial charge in [-0.1, -0.05) is 0 Å². The Bertz CT molecular complexity index is 793. The lowest BCUT2D eigenvalue weighted by atomic mass is 9.97. The first-order chi connectivity index (χ1) is 12.1. The molecule has 2 aliphatic rings. The van der Waals surface area contributed by atoms with E-state index in [9.17, 15) is 22.5 Å². The molecule has 0 spiro atoms. The summed E-state index contributed by atoms with van der Waals surface area (Å²) in [5, 5.41) is 0. The summed E-state index contributed by atoms with van der Waals surface area (Å²) in [6, 6.07) is 1.18. The van der Waals surface area contributed by atoms with Crippen molar-refractivity contribution in [1.29, 1.82) is 0 Å². The molecule has 0 aromatic carbocycles. The Balaban J connectivity index is 1.97. The molecular weight excluding hydrogens is 382 g/mol. The van der Waals surface area contributed by atoms with Crippen LogP contribution in [0.1, 0.15) is 20.1 Å². The van der Waals surface area contributed by atoms with E-state index in [1.165, 1.54) is 19.9 Å². The van der Waals surface area contributed by atoms with Gasteiger partial charge >= 0.3 is 13.5 Å². The zero-order valence-electron chi connectivity index (χ0n) is 13.8. The van der Waals surface area contributed by atoms with Crippen molar-refractivity contribution >= 4 is 13.6 Å². The van der Waals surface area contributed by atoms with Crippen LogP contribution in [-0.2, 0) is 22.9 Å². The van der Waals surface area contributed by atoms with Crippen molar-refractivity contribution in [3.8, 4) is 0 Å². The van der Waals surface area contributed by atoms with Crippen molar-refractivity contribution in [1.82, 2.24) is 9.55 Å². The number of aromatic nitrogens is 2. The van der Waals surface area contributed by atoms with Gasteiger partial charge in [-0.2, -0.15) is 4.98 Å². The second kappa shape index (κ2) is 6.61. The fourth-order valence-corrected chi connectivity index (χ4v) is 4.39. The van der Waals surface area contributed by atoms with Crippen LogP contribution in [0.25, 0.3) is 0 Å². The number of halogens is 3. The van der Waals surface area contributed by atoms with E-state index < -0.39 is 56.8 Å². The van der Waals surface area contributed by atoms with Crippen molar-refractivity contribution in [3.05, 3.63) is 22.7 Å². The van der Waals surface area contributed by atoms with E-state index in [-0.39, 0.29) is 5.82 Å². The van der Waals surface area contributed by atoms with Crippen LogP contribution in [-0.4, -0.2) is 46.6 Å². The van der Waals surface area contributed by atoms with Crippen molar-refractivity contribution in [3.63, 3.8) is 0 Å². The van der Waals surface area contributed by atoms with Gasteiger partial charge in [-0.05, 0) is 19.9 Å². The number of phosphoric acid groups is 1. The number of rotatable bonds is 4. The summed E-state index contributed by atoms with van der Waals surface area (Å²) in [4.78, 5) is 15.3. The normalized spacial score (nSPS) is 37.3. The number of hydrogen-bond donors (Lipinski definition) is 1. The number of nitrogens with two attached hydrogens (primary N) is 1. The number of anilines is 1. The third kappa shape index (κ3) is 3.16. The van der Waals surface area contributed by atoms with Crippen molar-refractivity contribution in [2.75, 3.05) is 12.3 Å². The third-order valence-electron chi connectivity index (χ3n) is 3.91. The lowest BCUT2D eigenvalue weighted by Crippen LogP contribution is -2.55. The Labute approximate surface area is 145 Å². The second-order valence-corrected chi connectivity index (χ2v) is 7.73. The van der Waals surface area contributed by atoms with Gasteiger partial charge in [0.15, 0.2) is 18.0 Å². The van der Waals surface area contributed by atoms with E-state index in [0.717, 1.165) is 6.20 Å². The van der Waals surface area contributed by atoms with Crippen LogP contribution in [0.4, 0.5) is 19.0 Å². The first-order valence-corrected chi connectivity index (χ1v) is 9.10. The Morgan fingerprint density at radius 2 is 2.19 bits per heavy atom. The highest BCUT2D eigenvalue weighted by Gasteiger charge is 2.68. The lowest BCUT2D eigenvalue weighted by molar-refractivity contribution is -0.208. The predicted octanol–water partition coefficient (Wildman–Crippen LogP) is 1.64. The van der Waals surface area contributed by atoms with Gasteiger partial charge in [0.1, 0.15) is 11.9 Å². The van der Waals surface area contributed by atoms with Crippen molar-refractivity contribution in [2.45, 2.75) is 50.5 Å². The molecule has 2 N–H and O–H groups in total. The van der Waals surface area contributed by atoms with E-state index in [2.05, 4.69) is 4.98 Å². The molecule has 0 amide bonds. The molecule has 1 unspecified atom stereocenters. The van der Waals surface area contributed by atoms with Crippen LogP contribution >= 0.6 is 7.82 Å². The lowest BCUT2D eigenvalue weighted by Gasteiger charge is -2.39. The van der Waals surface area contributed by atoms with E-state index in [4.69, 9.17) is 24.0 Å². The molecule has 5 atom stereocenters. The summed E-state index contributed by atoms with van der Waals surface area (Å²) in [6.07, 6.45) is -8.84. The van der Waals surface area contributed by atoms with E-state index >= 15 is 0 Å². The molecule has 0 saturated carbocycles. The molecule has 0 bridgehead atoms. The first-order valence-electron chi connectivity index (χ1n) is 7.64. The van der Waals surface area contributed by atoms with Gasteiger partial charge in [0, 0.05) is 6.20 Å². The predicted molar refractivity (Wildman–Crippen MR) is 81.3 cm³/mol. The molecule has 1 aromatic rings. The molecule has 2 saturated heterocycles. The molecule has 2 fully saturated rings. The molecular formula is C13H17F3N3O6P. The topological polar surface area (TPSA) is 115 Å². The third-order valence-corrected chi connectivity index (χ3v) is 5.52. The highest BCUT2D eigenvalue weighted by atomic mass is 31.2. The molecule has 3 rings (SSSR count). The quantitative estimate of drug-likeness (QED) is 0.760. The fraction of sp³-hybridized carbons (Fsp3) is 0.692. The molecule has 146 valence electrons. The summed E-state index contributed by atoms with van der Waals surface area (Å²) in [5.41, 5.74) is 1.80. The highest BCUT2D eigenvalue weighted by Crippen LogP contribution is 2.61. The highest BCUT2D eigenvalue weighted by molar-refractivity contribution is 7.48. The Morgan fingerprint density at radius 1 is 1.50 bits per heavy atom. The molecule has 3 heterocycles. The molecule has 13 heteroatoms. The van der Waals surface area contributed by atoms with E-state index in [1.54, 1.807) is 0 Å². The van der Waals surface area contributed by atoms with Crippen LogP contribution in [0.5, 0.6) is 0 Å². The monoisotopic (exact) mass is 399 g/mol. The number of alkyl halides is 3. The first kappa shape index (κ1) is 19.3. The Morgan fingerprint density at radius 3 is 2.77 bits per heavy atom. The number of ether oxygens (including phenoxy) is 1. The molecule has 2 aliphatic heterocycles. The van der Waals surface area contributed by atoms with Gasteiger partial charge in [-0.15, -0.1) is 0 Å². The van der Waals surface area contributed by atoms with Crippen LogP contribution in [0, 0.1) is 0 Å². The van der Waals surface area contributed by atoms with Crippen LogP contribution in [0.2, 0.25) is 0 Å². The number of nitrogens with zero attached hydrogens (tertiary/aromatic N) is 2. The standard InChI is InChI=1S/C13H17F3N3O6P/c1-6(2)24-26(21)22-5-13(11(15)16)9(25-26)8(14)10(23-13)19-4-3-7(17)18-12(19)20/h3-4,6,8-11H,5H2,1-2H3,(H2,17,18,20)/t8-,9-,10+,13+,26?/m0/s1. The van der Waals surface area contributed by atoms with Gasteiger partial charge in [-0.25, -0.2) is 22.5 Å². The molecule has 9 nitrogen and oxygen atoms in total. The number of nitrogen functional groups attached to an aromatic ring is 1. The minimum absolute atomic E-state index is 0.130. The summed E-state index contributed by atoms with van der Waals surface area (Å²) in [5.74, 6) is -0.130. The van der Waals surface area contributed by atoms with Gasteiger partial charge < -0.3 is 10.5 Å². The van der Waals surface area contributed by atoms with Gasteiger partial charge in [0.05, 0.1) is 12.7 Å². The van der Waals surface area contributed by atoms with Crippen LogP contribution < -0.4 is 11.4 Å². The summed E-state index contributed by atoms with van der Waals surface area (Å²) in [6.45, 7) is 2.09. The number of hydrogen-bond acceptors (Lipinski definition) is 8. The Kier molecular flexibility index (Phi) is 4.91. The van der Waals surface area contributed by atoms with Crippen LogP contribution in [0.15, 0.2) is 17.1 Å². The van der Waals surface area contributed by atoms with Gasteiger partial charge in [0.2, 0.25) is 0 Å². The maximum Gasteiger partial charge on any atom is 0.475 e. The fourth-order valence-electron chi connectivity index (χ4n) is 2.77. The summed E-state index contributed by atoms with van der Waals surface area (Å²) in [7, 11) is -4.27. The van der Waals surface area contributed by atoms with Gasteiger partial charge in [-0.3, -0.25) is 18.1 Å². The van der Waals surface area contributed by atoms with Gasteiger partial charge in [0.25, 0.3) is 6.43 Å². The smallest absolute Gasteiger partial charge is 0.383 e. The molecule has 0 aliphatic carbocycles. The summed E-state index contributed by atoms with van der Waals surface area (Å²) < 4.78 is 75.4. The SMILES string of the molecule is CC(C)OP1(=O)OC[C@@]2(C(F)F)O[C@@H](n3ccc(N)nc3=O)[C@@H](F)[C@@H]2O1. The largest absolute Gasteiger partial charge is 0.475 e. The van der Waals surface area contributed by atoms with E-state index in [0.29, 0.717) is 4.57 Å². The second-order valence-electron chi connectivity index (χ2n) is 6.15. The summed E-state index contributed by atoms with van der Waals surface area (Å²) >= 11 is 0.